The zero-order valence-corrected chi connectivity index (χ0v) is 8.90. The number of imidazole rings is 1. The molecular formula is C11H12N2S. The van der Waals surface area contributed by atoms with Crippen LogP contribution >= 0.6 is 12.2 Å². The van der Waals surface area contributed by atoms with Crippen molar-refractivity contribution in [2.75, 3.05) is 0 Å². The summed E-state index contributed by atoms with van der Waals surface area (Å²) in [6.07, 6.45) is 2.55. The Bertz CT molecular complexity index is 546. The summed E-state index contributed by atoms with van der Waals surface area (Å²) in [6.45, 7) is 2.12. The lowest BCUT2D eigenvalue weighted by Crippen LogP contribution is -1.92. The number of para-hydroxylation sites is 1. The minimum Gasteiger partial charge on any atom is -0.330 e. The molecule has 72 valence electrons. The van der Waals surface area contributed by atoms with Gasteiger partial charge in [0.2, 0.25) is 0 Å². The van der Waals surface area contributed by atoms with Crippen molar-refractivity contribution >= 4 is 23.3 Å². The molecule has 0 radical (unpaired) electrons. The van der Waals surface area contributed by atoms with E-state index in [2.05, 4.69) is 34.7 Å². The number of H-pyrrole nitrogens is 1. The Hall–Kier alpha value is -1.09. The van der Waals surface area contributed by atoms with Gasteiger partial charge in [-0.3, -0.25) is 0 Å². The quantitative estimate of drug-likeness (QED) is 0.706. The smallest absolute Gasteiger partial charge is 0.178 e. The molecular weight excluding hydrogens is 192 g/mol. The zero-order chi connectivity index (χ0) is 9.71. The number of fused-ring (bicyclic) bond motifs is 1. The molecule has 0 saturated heterocycles. The average Bonchev–Trinajstić information content (AvgIpc) is 2.91. The van der Waals surface area contributed by atoms with Gasteiger partial charge in [-0.1, -0.05) is 12.1 Å². The molecule has 2 aromatic rings. The topological polar surface area (TPSA) is 20.7 Å². The van der Waals surface area contributed by atoms with Crippen LogP contribution in [0, 0.1) is 11.7 Å². The molecule has 3 heteroatoms. The van der Waals surface area contributed by atoms with Crippen LogP contribution in [0.4, 0.5) is 0 Å². The second-order valence-electron chi connectivity index (χ2n) is 4.00. The summed E-state index contributed by atoms with van der Waals surface area (Å²) in [6, 6.07) is 7.01. The van der Waals surface area contributed by atoms with Gasteiger partial charge in [0.1, 0.15) is 0 Å². The van der Waals surface area contributed by atoms with Crippen molar-refractivity contribution in [2.45, 2.75) is 25.8 Å². The van der Waals surface area contributed by atoms with E-state index in [9.17, 15) is 0 Å². The third-order valence-corrected chi connectivity index (χ3v) is 3.17. The SMILES string of the molecule is Cc1cccc2c1[nH]c(=S)n2C1CC1. The van der Waals surface area contributed by atoms with E-state index in [-0.39, 0.29) is 0 Å². The van der Waals surface area contributed by atoms with Crippen LogP contribution in [0.2, 0.25) is 0 Å². The van der Waals surface area contributed by atoms with Gasteiger partial charge in [-0.05, 0) is 43.6 Å². The van der Waals surface area contributed by atoms with Gasteiger partial charge in [-0.25, -0.2) is 0 Å². The van der Waals surface area contributed by atoms with Crippen molar-refractivity contribution in [1.29, 1.82) is 0 Å². The van der Waals surface area contributed by atoms with Crippen molar-refractivity contribution < 1.29 is 0 Å². The summed E-state index contributed by atoms with van der Waals surface area (Å²) in [4.78, 5) is 3.29. The van der Waals surface area contributed by atoms with E-state index in [1.807, 2.05) is 0 Å². The van der Waals surface area contributed by atoms with Crippen molar-refractivity contribution in [1.82, 2.24) is 9.55 Å². The van der Waals surface area contributed by atoms with Crippen LogP contribution < -0.4 is 0 Å². The molecule has 1 aromatic heterocycles. The number of nitrogens with zero attached hydrogens (tertiary/aromatic N) is 1. The molecule has 0 bridgehead atoms. The van der Waals surface area contributed by atoms with E-state index in [1.165, 1.54) is 29.4 Å². The Morgan fingerprint density at radius 3 is 2.93 bits per heavy atom. The number of hydrogen-bond acceptors (Lipinski definition) is 1. The second kappa shape index (κ2) is 2.70. The Morgan fingerprint density at radius 1 is 1.43 bits per heavy atom. The van der Waals surface area contributed by atoms with Gasteiger partial charge in [0.25, 0.3) is 0 Å². The number of nitrogens with one attached hydrogen (secondary N) is 1. The zero-order valence-electron chi connectivity index (χ0n) is 8.08. The number of aromatic amines is 1. The summed E-state index contributed by atoms with van der Waals surface area (Å²) in [5, 5.41) is 0. The minimum atomic E-state index is 0.651. The summed E-state index contributed by atoms with van der Waals surface area (Å²) in [5.41, 5.74) is 3.73. The van der Waals surface area contributed by atoms with Crippen molar-refractivity contribution in [3.63, 3.8) is 0 Å². The third-order valence-electron chi connectivity index (χ3n) is 2.87. The van der Waals surface area contributed by atoms with Crippen LogP contribution in [-0.4, -0.2) is 9.55 Å². The summed E-state index contributed by atoms with van der Waals surface area (Å²) < 4.78 is 3.13. The molecule has 0 unspecified atom stereocenters. The first-order valence-electron chi connectivity index (χ1n) is 4.97. The second-order valence-corrected chi connectivity index (χ2v) is 4.39. The Morgan fingerprint density at radius 2 is 2.21 bits per heavy atom. The predicted molar refractivity (Wildman–Crippen MR) is 60.1 cm³/mol. The fourth-order valence-electron chi connectivity index (χ4n) is 1.99. The molecule has 14 heavy (non-hydrogen) atoms. The van der Waals surface area contributed by atoms with Crippen LogP contribution in [0.15, 0.2) is 18.2 Å². The van der Waals surface area contributed by atoms with Crippen LogP contribution in [0.3, 0.4) is 0 Å². The largest absolute Gasteiger partial charge is 0.330 e. The van der Waals surface area contributed by atoms with Gasteiger partial charge in [0.05, 0.1) is 11.0 Å². The normalized spacial score (nSPS) is 16.4. The number of aromatic nitrogens is 2. The lowest BCUT2D eigenvalue weighted by Gasteiger charge is -2.00. The molecule has 1 aliphatic rings. The monoisotopic (exact) mass is 204 g/mol. The number of rotatable bonds is 1. The highest BCUT2D eigenvalue weighted by molar-refractivity contribution is 7.71. The van der Waals surface area contributed by atoms with E-state index in [4.69, 9.17) is 12.2 Å². The highest BCUT2D eigenvalue weighted by Crippen LogP contribution is 2.37. The summed E-state index contributed by atoms with van der Waals surface area (Å²) in [5.74, 6) is 0. The number of hydrogen-bond donors (Lipinski definition) is 1. The molecule has 0 atom stereocenters. The van der Waals surface area contributed by atoms with Crippen LogP contribution in [0.25, 0.3) is 11.0 Å². The fraction of sp³-hybridized carbons (Fsp3) is 0.364. The maximum absolute atomic E-state index is 5.34. The molecule has 0 spiro atoms. The van der Waals surface area contributed by atoms with Crippen molar-refractivity contribution in [3.8, 4) is 0 Å². The standard InChI is InChI=1S/C11H12N2S/c1-7-3-2-4-9-10(7)12-11(14)13(9)8-5-6-8/h2-4,8H,5-6H2,1H3,(H,12,14). The Labute approximate surface area is 87.6 Å². The number of aryl methyl sites for hydroxylation is 1. The van der Waals surface area contributed by atoms with Crippen molar-refractivity contribution in [3.05, 3.63) is 28.5 Å². The molecule has 1 heterocycles. The summed E-state index contributed by atoms with van der Waals surface area (Å²) >= 11 is 5.34. The van der Waals surface area contributed by atoms with Gasteiger partial charge in [0.15, 0.2) is 4.77 Å². The molecule has 1 aliphatic carbocycles. The van der Waals surface area contributed by atoms with Gasteiger partial charge < -0.3 is 9.55 Å². The van der Waals surface area contributed by atoms with E-state index in [0.29, 0.717) is 6.04 Å². The first-order chi connectivity index (χ1) is 6.77. The van der Waals surface area contributed by atoms with E-state index >= 15 is 0 Å². The average molecular weight is 204 g/mol. The minimum absolute atomic E-state index is 0.651. The van der Waals surface area contributed by atoms with Gasteiger partial charge in [0, 0.05) is 6.04 Å². The fourth-order valence-corrected chi connectivity index (χ4v) is 2.34. The molecule has 1 saturated carbocycles. The predicted octanol–water partition coefficient (Wildman–Crippen LogP) is 3.34. The third kappa shape index (κ3) is 1.05. The van der Waals surface area contributed by atoms with Gasteiger partial charge in [-0.2, -0.15) is 0 Å². The first-order valence-corrected chi connectivity index (χ1v) is 5.38. The molecule has 1 aromatic carbocycles. The Kier molecular flexibility index (Phi) is 1.59. The maximum atomic E-state index is 5.34. The highest BCUT2D eigenvalue weighted by Gasteiger charge is 2.25. The first kappa shape index (κ1) is 8.24. The molecule has 0 aliphatic heterocycles. The van der Waals surface area contributed by atoms with E-state index in [0.717, 1.165) is 4.77 Å². The van der Waals surface area contributed by atoms with Gasteiger partial charge >= 0.3 is 0 Å². The molecule has 3 rings (SSSR count). The van der Waals surface area contributed by atoms with Crippen LogP contribution in [-0.2, 0) is 0 Å². The van der Waals surface area contributed by atoms with Gasteiger partial charge in [-0.15, -0.1) is 0 Å². The lowest BCUT2D eigenvalue weighted by molar-refractivity contribution is 0.753. The highest BCUT2D eigenvalue weighted by atomic mass is 32.1. The maximum Gasteiger partial charge on any atom is 0.178 e. The van der Waals surface area contributed by atoms with Crippen LogP contribution in [0.1, 0.15) is 24.4 Å². The lowest BCUT2D eigenvalue weighted by atomic mass is 10.2. The van der Waals surface area contributed by atoms with E-state index < -0.39 is 0 Å². The molecule has 1 N–H and O–H groups in total. The number of benzene rings is 1. The Balaban J connectivity index is 2.43. The molecule has 1 fully saturated rings. The molecule has 2 nitrogen and oxygen atoms in total. The van der Waals surface area contributed by atoms with E-state index in [1.54, 1.807) is 0 Å². The summed E-state index contributed by atoms with van der Waals surface area (Å²) in [7, 11) is 0. The van der Waals surface area contributed by atoms with Crippen LogP contribution in [0.5, 0.6) is 0 Å². The molecule has 0 amide bonds. The van der Waals surface area contributed by atoms with Crippen molar-refractivity contribution in [2.24, 2.45) is 0 Å².